The second-order valence-electron chi connectivity index (χ2n) is 7.63. The minimum absolute atomic E-state index is 0.166. The van der Waals surface area contributed by atoms with Crippen molar-refractivity contribution in [2.75, 3.05) is 18.0 Å². The van der Waals surface area contributed by atoms with E-state index in [1.807, 2.05) is 35.7 Å². The zero-order valence-electron chi connectivity index (χ0n) is 17.8. The number of imide groups is 1. The molecule has 2 aromatic carbocycles. The molecule has 168 valence electrons. The number of rotatable bonds is 7. The number of hydrogen-bond donors (Lipinski definition) is 1. The average molecular weight is 465 g/mol. The van der Waals surface area contributed by atoms with Crippen LogP contribution >= 0.6 is 11.3 Å². The first-order valence-electron chi connectivity index (χ1n) is 10.2. The van der Waals surface area contributed by atoms with E-state index in [0.717, 1.165) is 16.2 Å². The molecule has 0 radical (unpaired) electrons. The number of urea groups is 1. The summed E-state index contributed by atoms with van der Waals surface area (Å²) >= 11 is 1.28. The summed E-state index contributed by atoms with van der Waals surface area (Å²) < 4.78 is 13.3. The highest BCUT2D eigenvalue weighted by Gasteiger charge is 2.49. The molecule has 33 heavy (non-hydrogen) atoms. The summed E-state index contributed by atoms with van der Waals surface area (Å²) in [5.74, 6) is -1.52. The Kier molecular flexibility index (Phi) is 6.06. The third kappa shape index (κ3) is 4.27. The normalized spacial score (nSPS) is 17.7. The largest absolute Gasteiger partial charge is 0.325 e. The molecule has 1 N–H and O–H groups in total. The van der Waals surface area contributed by atoms with Crippen molar-refractivity contribution in [2.24, 2.45) is 0 Å². The number of carbonyl (C=O) groups excluding carboxylic acids is 3. The second-order valence-corrected chi connectivity index (χ2v) is 8.46. The van der Waals surface area contributed by atoms with Crippen LogP contribution in [0.15, 0.2) is 72.6 Å². The zero-order valence-corrected chi connectivity index (χ0v) is 18.6. The van der Waals surface area contributed by atoms with E-state index in [1.165, 1.54) is 47.4 Å². The molecular formula is C24H21FN4O3S. The fraction of sp³-hybridized carbons (Fsp3) is 0.167. The first kappa shape index (κ1) is 22.3. The van der Waals surface area contributed by atoms with Gasteiger partial charge < -0.3 is 5.32 Å². The van der Waals surface area contributed by atoms with Gasteiger partial charge >= 0.3 is 6.03 Å². The van der Waals surface area contributed by atoms with E-state index < -0.39 is 35.7 Å². The number of halogens is 1. The highest BCUT2D eigenvalue weighted by molar-refractivity contribution is 7.14. The fourth-order valence-electron chi connectivity index (χ4n) is 3.59. The Hall–Kier alpha value is -3.85. The van der Waals surface area contributed by atoms with Crippen LogP contribution in [-0.4, -0.2) is 40.8 Å². The minimum atomic E-state index is -1.39. The average Bonchev–Trinajstić information content (AvgIpc) is 3.38. The van der Waals surface area contributed by atoms with Crippen molar-refractivity contribution in [3.8, 4) is 11.3 Å². The van der Waals surface area contributed by atoms with Gasteiger partial charge in [-0.3, -0.25) is 19.4 Å². The maximum Gasteiger partial charge on any atom is 0.325 e. The summed E-state index contributed by atoms with van der Waals surface area (Å²) in [7, 11) is 0. The van der Waals surface area contributed by atoms with Crippen molar-refractivity contribution in [3.63, 3.8) is 0 Å². The number of hydrogen-bond acceptors (Lipinski definition) is 5. The molecule has 0 bridgehead atoms. The highest BCUT2D eigenvalue weighted by atomic mass is 32.1. The van der Waals surface area contributed by atoms with Crippen LogP contribution in [0, 0.1) is 5.82 Å². The molecule has 0 spiro atoms. The molecule has 1 aliphatic rings. The van der Waals surface area contributed by atoms with Crippen molar-refractivity contribution in [2.45, 2.75) is 12.5 Å². The number of aromatic nitrogens is 1. The van der Waals surface area contributed by atoms with Gasteiger partial charge in [0.25, 0.3) is 5.91 Å². The molecule has 4 amide bonds. The lowest BCUT2D eigenvalue weighted by Crippen LogP contribution is -2.44. The molecule has 1 aromatic heterocycles. The summed E-state index contributed by atoms with van der Waals surface area (Å²) in [6.07, 6.45) is 1.55. The number of thiazole rings is 1. The maximum absolute atomic E-state index is 13.3. The maximum atomic E-state index is 13.3. The fourth-order valence-corrected chi connectivity index (χ4v) is 4.45. The van der Waals surface area contributed by atoms with Gasteiger partial charge in [0.2, 0.25) is 5.91 Å². The standard InChI is InChI=1S/C24H21FN4O3S/c1-3-13-28(23-26-19(15-33-23)16-7-5-4-6-8-16)20(30)14-29-21(31)24(2,27-22(29)32)17-9-11-18(25)12-10-17/h3-12,15H,1,13-14H2,2H3,(H,27,32). The Labute approximate surface area is 194 Å². The second kappa shape index (κ2) is 8.95. The van der Waals surface area contributed by atoms with Gasteiger partial charge in [-0.05, 0) is 24.6 Å². The molecule has 7 nitrogen and oxygen atoms in total. The SMILES string of the molecule is C=CCN(C(=O)CN1C(=O)NC(C)(c2ccc(F)cc2)C1=O)c1nc(-c2ccccc2)cs1. The van der Waals surface area contributed by atoms with Gasteiger partial charge in [-0.25, -0.2) is 14.2 Å². The Morgan fingerprint density at radius 1 is 1.21 bits per heavy atom. The molecule has 9 heteroatoms. The third-order valence-electron chi connectivity index (χ3n) is 5.40. The number of nitrogens with one attached hydrogen (secondary N) is 1. The first-order chi connectivity index (χ1) is 15.8. The molecule has 1 aliphatic heterocycles. The van der Waals surface area contributed by atoms with Gasteiger partial charge in [0.1, 0.15) is 17.9 Å². The van der Waals surface area contributed by atoms with E-state index in [0.29, 0.717) is 10.7 Å². The van der Waals surface area contributed by atoms with Crippen molar-refractivity contribution in [1.29, 1.82) is 0 Å². The highest BCUT2D eigenvalue weighted by Crippen LogP contribution is 2.30. The van der Waals surface area contributed by atoms with Gasteiger partial charge in [-0.1, -0.05) is 48.5 Å². The molecule has 0 aliphatic carbocycles. The number of nitrogens with zero attached hydrogens (tertiary/aromatic N) is 3. The van der Waals surface area contributed by atoms with Gasteiger partial charge in [-0.2, -0.15) is 0 Å². The van der Waals surface area contributed by atoms with Gasteiger partial charge in [0.15, 0.2) is 5.13 Å². The molecule has 2 heterocycles. The van der Waals surface area contributed by atoms with E-state index in [-0.39, 0.29) is 6.54 Å². The van der Waals surface area contributed by atoms with Crippen LogP contribution in [-0.2, 0) is 15.1 Å². The van der Waals surface area contributed by atoms with Gasteiger partial charge in [0.05, 0.1) is 5.69 Å². The zero-order chi connectivity index (χ0) is 23.6. The van der Waals surface area contributed by atoms with Crippen LogP contribution in [0.1, 0.15) is 12.5 Å². The quantitative estimate of drug-likeness (QED) is 0.424. The van der Waals surface area contributed by atoms with E-state index in [9.17, 15) is 18.8 Å². The van der Waals surface area contributed by atoms with E-state index in [2.05, 4.69) is 16.9 Å². The summed E-state index contributed by atoms with van der Waals surface area (Å²) in [5, 5.41) is 4.90. The number of anilines is 1. The lowest BCUT2D eigenvalue weighted by molar-refractivity contribution is -0.134. The van der Waals surface area contributed by atoms with Crippen molar-refractivity contribution in [1.82, 2.24) is 15.2 Å². The van der Waals surface area contributed by atoms with Gasteiger partial charge in [0, 0.05) is 17.5 Å². The molecule has 0 saturated carbocycles. The Bertz CT molecular complexity index is 1210. The summed E-state index contributed by atoms with van der Waals surface area (Å²) in [4.78, 5) is 45.7. The smallest absolute Gasteiger partial charge is 0.319 e. The lowest BCUT2D eigenvalue weighted by Gasteiger charge is -2.23. The molecule has 1 saturated heterocycles. The van der Waals surface area contributed by atoms with E-state index in [4.69, 9.17) is 0 Å². The number of benzene rings is 2. The van der Waals surface area contributed by atoms with Crippen LogP contribution in [0.4, 0.5) is 14.3 Å². The minimum Gasteiger partial charge on any atom is -0.319 e. The molecule has 1 atom stereocenters. The summed E-state index contributed by atoms with van der Waals surface area (Å²) in [6.45, 7) is 4.93. The molecule has 1 unspecified atom stereocenters. The Morgan fingerprint density at radius 3 is 2.58 bits per heavy atom. The monoisotopic (exact) mass is 464 g/mol. The van der Waals surface area contributed by atoms with Crippen LogP contribution in [0.25, 0.3) is 11.3 Å². The Morgan fingerprint density at radius 2 is 1.91 bits per heavy atom. The lowest BCUT2D eigenvalue weighted by atomic mass is 9.92. The van der Waals surface area contributed by atoms with E-state index >= 15 is 0 Å². The first-order valence-corrected chi connectivity index (χ1v) is 11.0. The van der Waals surface area contributed by atoms with Crippen molar-refractivity contribution >= 4 is 34.3 Å². The topological polar surface area (TPSA) is 82.6 Å². The molecule has 3 aromatic rings. The molecular weight excluding hydrogens is 443 g/mol. The molecule has 1 fully saturated rings. The van der Waals surface area contributed by atoms with Crippen molar-refractivity contribution in [3.05, 3.63) is 84.0 Å². The third-order valence-corrected chi connectivity index (χ3v) is 6.26. The van der Waals surface area contributed by atoms with Crippen LogP contribution in [0.3, 0.4) is 0 Å². The number of carbonyl (C=O) groups is 3. The van der Waals surface area contributed by atoms with E-state index in [1.54, 1.807) is 6.08 Å². The van der Waals surface area contributed by atoms with Gasteiger partial charge in [-0.15, -0.1) is 17.9 Å². The van der Waals surface area contributed by atoms with Crippen molar-refractivity contribution < 1.29 is 18.8 Å². The Balaban J connectivity index is 1.55. The summed E-state index contributed by atoms with van der Waals surface area (Å²) in [6, 6.07) is 14.1. The van der Waals surface area contributed by atoms with Crippen LogP contribution in [0.5, 0.6) is 0 Å². The number of amides is 4. The van der Waals surface area contributed by atoms with Crippen LogP contribution < -0.4 is 10.2 Å². The predicted octanol–water partition coefficient (Wildman–Crippen LogP) is 3.94. The van der Waals surface area contributed by atoms with Crippen LogP contribution in [0.2, 0.25) is 0 Å². The summed E-state index contributed by atoms with van der Waals surface area (Å²) in [5.41, 5.74) is 0.662. The molecule has 4 rings (SSSR count). The predicted molar refractivity (Wildman–Crippen MR) is 124 cm³/mol.